The van der Waals surface area contributed by atoms with Gasteiger partial charge in [-0.1, -0.05) is 60.7 Å². The predicted molar refractivity (Wildman–Crippen MR) is 123 cm³/mol. The largest absolute Gasteiger partial charge is 0.361 e. The van der Waals surface area contributed by atoms with E-state index in [9.17, 15) is 14.0 Å². The molecule has 5 rings (SSSR count). The Bertz CT molecular complexity index is 1100. The van der Waals surface area contributed by atoms with Crippen molar-refractivity contribution in [2.75, 3.05) is 31.1 Å². The molecule has 5 nitrogen and oxygen atoms in total. The Morgan fingerprint density at radius 1 is 0.879 bits per heavy atom. The third-order valence-corrected chi connectivity index (χ3v) is 6.53. The van der Waals surface area contributed by atoms with Crippen molar-refractivity contribution in [2.45, 2.75) is 17.9 Å². The number of carbonyl (C=O) groups is 2. The monoisotopic (exact) mass is 444 g/mol. The lowest BCUT2D eigenvalue weighted by Gasteiger charge is -2.40. The highest BCUT2D eigenvalue weighted by atomic mass is 19.1. The van der Waals surface area contributed by atoms with Gasteiger partial charge in [0.2, 0.25) is 5.91 Å². The van der Waals surface area contributed by atoms with E-state index in [2.05, 4.69) is 0 Å². The van der Waals surface area contributed by atoms with Crippen molar-refractivity contribution in [3.63, 3.8) is 0 Å². The van der Waals surface area contributed by atoms with Crippen molar-refractivity contribution in [2.24, 2.45) is 0 Å². The van der Waals surface area contributed by atoms with Gasteiger partial charge in [0.05, 0.1) is 19.0 Å². The number of nitrogens with zero attached hydrogens (tertiary/aromatic N) is 2. The van der Waals surface area contributed by atoms with Crippen LogP contribution in [0.3, 0.4) is 0 Å². The molecule has 0 bridgehead atoms. The molecule has 0 aliphatic carbocycles. The fourth-order valence-electron chi connectivity index (χ4n) is 4.80. The molecular weight excluding hydrogens is 419 g/mol. The van der Waals surface area contributed by atoms with Gasteiger partial charge in [-0.2, -0.15) is 0 Å². The highest BCUT2D eigenvalue weighted by molar-refractivity contribution is 5.95. The number of rotatable bonds is 4. The maximum Gasteiger partial charge on any atom is 0.253 e. The number of ether oxygens (including phenoxy) is 1. The topological polar surface area (TPSA) is 49.9 Å². The van der Waals surface area contributed by atoms with Crippen molar-refractivity contribution >= 4 is 17.5 Å². The van der Waals surface area contributed by atoms with Crippen LogP contribution in [0, 0.1) is 5.82 Å². The fourth-order valence-corrected chi connectivity index (χ4v) is 4.80. The van der Waals surface area contributed by atoms with Crippen molar-refractivity contribution in [1.29, 1.82) is 0 Å². The molecule has 0 saturated carbocycles. The molecule has 2 saturated heterocycles. The predicted octanol–water partition coefficient (Wildman–Crippen LogP) is 3.99. The average Bonchev–Trinajstić information content (AvgIpc) is 3.27. The van der Waals surface area contributed by atoms with Crippen molar-refractivity contribution in [1.82, 2.24) is 4.90 Å². The normalized spacial score (nSPS) is 20.6. The average molecular weight is 445 g/mol. The third kappa shape index (κ3) is 4.26. The molecular formula is C27H25FN2O3. The Hall–Kier alpha value is -3.51. The summed E-state index contributed by atoms with van der Waals surface area (Å²) in [6.07, 6.45) is 0.639. The molecule has 2 aliphatic heterocycles. The number of halogens is 1. The molecule has 3 aromatic rings. The summed E-state index contributed by atoms with van der Waals surface area (Å²) in [5.74, 6) is -0.887. The smallest absolute Gasteiger partial charge is 0.253 e. The summed E-state index contributed by atoms with van der Waals surface area (Å²) < 4.78 is 19.4. The van der Waals surface area contributed by atoms with E-state index in [1.807, 2.05) is 65.6 Å². The van der Waals surface area contributed by atoms with Crippen LogP contribution < -0.4 is 4.90 Å². The molecule has 2 heterocycles. The molecule has 33 heavy (non-hydrogen) atoms. The van der Waals surface area contributed by atoms with Crippen LogP contribution in [-0.2, 0) is 14.3 Å². The van der Waals surface area contributed by atoms with E-state index in [1.54, 1.807) is 17.0 Å². The Labute approximate surface area is 192 Å². The minimum Gasteiger partial charge on any atom is -0.361 e. The quantitative estimate of drug-likeness (QED) is 0.612. The first kappa shape index (κ1) is 21.3. The van der Waals surface area contributed by atoms with Gasteiger partial charge in [0, 0.05) is 12.2 Å². The Morgan fingerprint density at radius 2 is 1.48 bits per heavy atom. The zero-order valence-electron chi connectivity index (χ0n) is 18.2. The van der Waals surface area contributed by atoms with Gasteiger partial charge in [-0.3, -0.25) is 9.59 Å². The number of morpholine rings is 1. The Balaban J connectivity index is 1.38. The number of likely N-dealkylation sites (tertiary alicyclic amines) is 1. The summed E-state index contributed by atoms with van der Waals surface area (Å²) in [5, 5.41) is 0. The second-order valence-electron chi connectivity index (χ2n) is 8.69. The van der Waals surface area contributed by atoms with Gasteiger partial charge in [-0.05, 0) is 41.8 Å². The minimum atomic E-state index is -0.629. The number of hydrogen-bond donors (Lipinski definition) is 0. The minimum absolute atomic E-state index is 0.0260. The van der Waals surface area contributed by atoms with E-state index >= 15 is 0 Å². The number of anilines is 1. The van der Waals surface area contributed by atoms with Crippen LogP contribution in [-0.4, -0.2) is 48.6 Å². The van der Waals surface area contributed by atoms with Gasteiger partial charge in [-0.15, -0.1) is 0 Å². The molecule has 168 valence electrons. The zero-order chi connectivity index (χ0) is 22.8. The highest BCUT2D eigenvalue weighted by Gasteiger charge is 2.47. The lowest BCUT2D eigenvalue weighted by molar-refractivity contribution is -0.139. The van der Waals surface area contributed by atoms with Crippen LogP contribution in [0.4, 0.5) is 10.1 Å². The molecule has 1 spiro atoms. The maximum atomic E-state index is 13.8. The standard InChI is InChI=1S/C27H25FN2O3/c28-22-11-13-23(14-12-22)30-19-27(33-17-24(30)31)15-16-29(18-27)26(32)25(20-7-3-1-4-8-20)21-9-5-2-6-10-21/h1-14,25H,15-19H2/t27-/m0/s1. The summed E-state index contributed by atoms with van der Waals surface area (Å²) in [4.78, 5) is 29.8. The van der Waals surface area contributed by atoms with E-state index in [1.165, 1.54) is 12.1 Å². The van der Waals surface area contributed by atoms with Gasteiger partial charge < -0.3 is 14.5 Å². The van der Waals surface area contributed by atoms with Gasteiger partial charge in [0.25, 0.3) is 5.91 Å². The van der Waals surface area contributed by atoms with Crippen LogP contribution >= 0.6 is 0 Å². The third-order valence-electron chi connectivity index (χ3n) is 6.53. The van der Waals surface area contributed by atoms with Crippen molar-refractivity contribution in [3.8, 4) is 0 Å². The molecule has 0 aromatic heterocycles. The van der Waals surface area contributed by atoms with Gasteiger partial charge in [0.1, 0.15) is 18.0 Å². The molecule has 3 aromatic carbocycles. The summed E-state index contributed by atoms with van der Waals surface area (Å²) in [6, 6.07) is 25.5. The van der Waals surface area contributed by atoms with Crippen LogP contribution in [0.1, 0.15) is 23.5 Å². The van der Waals surface area contributed by atoms with E-state index in [0.717, 1.165) is 11.1 Å². The van der Waals surface area contributed by atoms with Crippen LogP contribution in [0.2, 0.25) is 0 Å². The first-order valence-corrected chi connectivity index (χ1v) is 11.1. The van der Waals surface area contributed by atoms with Crippen LogP contribution in [0.25, 0.3) is 0 Å². The number of carbonyl (C=O) groups excluding carboxylic acids is 2. The van der Waals surface area contributed by atoms with E-state index in [4.69, 9.17) is 4.74 Å². The van der Waals surface area contributed by atoms with Crippen LogP contribution in [0.15, 0.2) is 84.9 Å². The summed E-state index contributed by atoms with van der Waals surface area (Å²) in [7, 11) is 0. The van der Waals surface area contributed by atoms with Crippen molar-refractivity contribution in [3.05, 3.63) is 102 Å². The molecule has 0 N–H and O–H groups in total. The number of benzene rings is 3. The molecule has 1 atom stereocenters. The van der Waals surface area contributed by atoms with E-state index in [0.29, 0.717) is 31.7 Å². The van der Waals surface area contributed by atoms with Crippen molar-refractivity contribution < 1.29 is 18.7 Å². The second kappa shape index (κ2) is 8.79. The van der Waals surface area contributed by atoms with E-state index < -0.39 is 11.5 Å². The molecule has 0 unspecified atom stereocenters. The fraction of sp³-hybridized carbons (Fsp3) is 0.259. The molecule has 2 aliphatic rings. The summed E-state index contributed by atoms with van der Waals surface area (Å²) in [6.45, 7) is 1.25. The maximum absolute atomic E-state index is 13.8. The van der Waals surface area contributed by atoms with E-state index in [-0.39, 0.29) is 24.2 Å². The van der Waals surface area contributed by atoms with Gasteiger partial charge in [-0.25, -0.2) is 4.39 Å². The molecule has 2 fully saturated rings. The van der Waals surface area contributed by atoms with Gasteiger partial charge in [0.15, 0.2) is 0 Å². The summed E-state index contributed by atoms with van der Waals surface area (Å²) in [5.41, 5.74) is 1.90. The molecule has 0 radical (unpaired) electrons. The Kier molecular flexibility index (Phi) is 5.68. The number of amides is 2. The Morgan fingerprint density at radius 3 is 2.09 bits per heavy atom. The first-order valence-electron chi connectivity index (χ1n) is 11.1. The first-order chi connectivity index (χ1) is 16.0. The van der Waals surface area contributed by atoms with Gasteiger partial charge >= 0.3 is 0 Å². The molecule has 2 amide bonds. The molecule has 6 heteroatoms. The SMILES string of the molecule is O=C(C(c1ccccc1)c1ccccc1)N1CC[C@]2(C1)CN(c1ccc(F)cc1)C(=O)CO2. The lowest BCUT2D eigenvalue weighted by Crippen LogP contribution is -2.56. The zero-order valence-corrected chi connectivity index (χ0v) is 18.2. The summed E-state index contributed by atoms with van der Waals surface area (Å²) >= 11 is 0. The lowest BCUT2D eigenvalue weighted by atomic mass is 9.90. The number of hydrogen-bond acceptors (Lipinski definition) is 3. The second-order valence-corrected chi connectivity index (χ2v) is 8.69. The van der Waals surface area contributed by atoms with Crippen LogP contribution in [0.5, 0.6) is 0 Å². The highest BCUT2D eigenvalue weighted by Crippen LogP contribution is 2.35.